The molecule has 0 aromatic carbocycles. The lowest BCUT2D eigenvalue weighted by molar-refractivity contribution is -0.143. The third-order valence-electron chi connectivity index (χ3n) is 3.16. The van der Waals surface area contributed by atoms with E-state index in [9.17, 15) is 14.4 Å². The van der Waals surface area contributed by atoms with Crippen molar-refractivity contribution in [2.24, 2.45) is 5.92 Å². The standard InChI is InChI=1S/C12H13BrN2O4/c13-9-4-8(5-14-10(9)16)11(17)15-3-1-2-7(6-15)12(18)19/h4-5,7H,1-3,6H2,(H,14,16)(H,18,19)/t7-/m1/s1. The van der Waals surface area contributed by atoms with E-state index in [0.29, 0.717) is 24.9 Å². The third kappa shape index (κ3) is 3.04. The second kappa shape index (κ2) is 5.56. The van der Waals surface area contributed by atoms with Crippen molar-refractivity contribution in [3.8, 4) is 0 Å². The van der Waals surface area contributed by atoms with E-state index in [1.54, 1.807) is 0 Å². The number of aromatic amines is 1. The molecule has 19 heavy (non-hydrogen) atoms. The van der Waals surface area contributed by atoms with Gasteiger partial charge in [-0.25, -0.2) is 0 Å². The minimum absolute atomic E-state index is 0.213. The lowest BCUT2D eigenvalue weighted by Crippen LogP contribution is -2.42. The number of carbonyl (C=O) groups excluding carboxylic acids is 1. The Hall–Kier alpha value is -1.63. The number of halogens is 1. The van der Waals surface area contributed by atoms with Gasteiger partial charge in [-0.2, -0.15) is 0 Å². The predicted molar refractivity (Wildman–Crippen MR) is 71.0 cm³/mol. The van der Waals surface area contributed by atoms with Gasteiger partial charge >= 0.3 is 5.97 Å². The van der Waals surface area contributed by atoms with Gasteiger partial charge in [-0.05, 0) is 34.8 Å². The number of pyridine rings is 1. The van der Waals surface area contributed by atoms with Crippen molar-refractivity contribution in [2.75, 3.05) is 13.1 Å². The Balaban J connectivity index is 2.16. The molecule has 1 aromatic rings. The van der Waals surface area contributed by atoms with Gasteiger partial charge in [-0.3, -0.25) is 14.4 Å². The molecule has 6 nitrogen and oxygen atoms in total. The summed E-state index contributed by atoms with van der Waals surface area (Å²) >= 11 is 3.06. The number of carboxylic acid groups (broad SMARTS) is 1. The molecule has 7 heteroatoms. The molecule has 1 aromatic heterocycles. The van der Waals surface area contributed by atoms with Crippen LogP contribution >= 0.6 is 15.9 Å². The maximum Gasteiger partial charge on any atom is 0.308 e. The summed E-state index contributed by atoms with van der Waals surface area (Å²) in [5.41, 5.74) is 0.0381. The number of nitrogens with one attached hydrogen (secondary N) is 1. The quantitative estimate of drug-likeness (QED) is 0.849. The van der Waals surface area contributed by atoms with Gasteiger partial charge in [0.25, 0.3) is 11.5 Å². The third-order valence-corrected chi connectivity index (χ3v) is 3.75. The lowest BCUT2D eigenvalue weighted by atomic mass is 9.98. The van der Waals surface area contributed by atoms with Crippen LogP contribution in [0, 0.1) is 5.92 Å². The van der Waals surface area contributed by atoms with Gasteiger partial charge in [-0.15, -0.1) is 0 Å². The smallest absolute Gasteiger partial charge is 0.308 e. The van der Waals surface area contributed by atoms with Crippen molar-refractivity contribution < 1.29 is 14.7 Å². The first kappa shape index (κ1) is 13.8. The Morgan fingerprint density at radius 2 is 2.21 bits per heavy atom. The molecule has 0 spiro atoms. The second-order valence-corrected chi connectivity index (χ2v) is 5.35. The maximum absolute atomic E-state index is 12.2. The number of amides is 1. The average molecular weight is 329 g/mol. The highest BCUT2D eigenvalue weighted by molar-refractivity contribution is 9.10. The molecular weight excluding hydrogens is 316 g/mol. The molecule has 0 saturated carbocycles. The largest absolute Gasteiger partial charge is 0.481 e. The van der Waals surface area contributed by atoms with Crippen LogP contribution in [0.3, 0.4) is 0 Å². The average Bonchev–Trinajstić information content (AvgIpc) is 2.41. The Morgan fingerprint density at radius 3 is 2.84 bits per heavy atom. The first-order chi connectivity index (χ1) is 8.99. The molecule has 0 bridgehead atoms. The fraction of sp³-hybridized carbons (Fsp3) is 0.417. The van der Waals surface area contributed by atoms with Crippen LogP contribution in [0.5, 0.6) is 0 Å². The first-order valence-corrected chi connectivity index (χ1v) is 6.68. The molecule has 2 rings (SSSR count). The molecule has 1 fully saturated rings. The van der Waals surface area contributed by atoms with E-state index in [2.05, 4.69) is 20.9 Å². The summed E-state index contributed by atoms with van der Waals surface area (Å²) in [6.45, 7) is 0.754. The molecule has 2 N–H and O–H groups in total. The molecule has 1 atom stereocenters. The Bertz CT molecular complexity index is 569. The van der Waals surface area contributed by atoms with Crippen molar-refractivity contribution in [3.63, 3.8) is 0 Å². The van der Waals surface area contributed by atoms with Gasteiger partial charge in [0, 0.05) is 19.3 Å². The van der Waals surface area contributed by atoms with Crippen molar-refractivity contribution >= 4 is 27.8 Å². The van der Waals surface area contributed by atoms with Crippen molar-refractivity contribution in [1.29, 1.82) is 0 Å². The van der Waals surface area contributed by atoms with Crippen LogP contribution in [0.4, 0.5) is 0 Å². The van der Waals surface area contributed by atoms with Crippen LogP contribution in [0.1, 0.15) is 23.2 Å². The summed E-state index contributed by atoms with van der Waals surface area (Å²) in [6, 6.07) is 1.45. The number of aliphatic carboxylic acids is 1. The van der Waals surface area contributed by atoms with E-state index in [0.717, 1.165) is 0 Å². The highest BCUT2D eigenvalue weighted by atomic mass is 79.9. The Labute approximate surface area is 117 Å². The molecule has 0 radical (unpaired) electrons. The number of aromatic nitrogens is 1. The molecule has 0 aliphatic carbocycles. The van der Waals surface area contributed by atoms with E-state index in [4.69, 9.17) is 5.11 Å². The summed E-state index contributed by atoms with van der Waals surface area (Å²) in [7, 11) is 0. The van der Waals surface area contributed by atoms with Gasteiger partial charge < -0.3 is 15.0 Å². The number of nitrogens with zero attached hydrogens (tertiary/aromatic N) is 1. The van der Waals surface area contributed by atoms with E-state index in [-0.39, 0.29) is 22.5 Å². The number of carbonyl (C=O) groups is 2. The molecule has 1 amide bonds. The topological polar surface area (TPSA) is 90.5 Å². The van der Waals surface area contributed by atoms with Crippen LogP contribution < -0.4 is 5.56 Å². The zero-order valence-corrected chi connectivity index (χ0v) is 11.6. The zero-order chi connectivity index (χ0) is 14.0. The molecule has 102 valence electrons. The summed E-state index contributed by atoms with van der Waals surface area (Å²) in [5, 5.41) is 9.00. The molecule has 1 aliphatic heterocycles. The molecular formula is C12H13BrN2O4. The molecule has 0 unspecified atom stereocenters. The van der Waals surface area contributed by atoms with Crippen molar-refractivity contribution in [3.05, 3.63) is 32.7 Å². The fourth-order valence-corrected chi connectivity index (χ4v) is 2.49. The molecule has 2 heterocycles. The van der Waals surface area contributed by atoms with Crippen LogP contribution in [-0.4, -0.2) is 40.0 Å². The van der Waals surface area contributed by atoms with Crippen LogP contribution in [0.15, 0.2) is 21.5 Å². The van der Waals surface area contributed by atoms with Gasteiger partial charge in [0.2, 0.25) is 0 Å². The number of hydrogen-bond acceptors (Lipinski definition) is 3. The fourth-order valence-electron chi connectivity index (χ4n) is 2.13. The van der Waals surface area contributed by atoms with Gasteiger partial charge in [0.05, 0.1) is 16.0 Å². The first-order valence-electron chi connectivity index (χ1n) is 5.89. The number of likely N-dealkylation sites (tertiary alicyclic amines) is 1. The lowest BCUT2D eigenvalue weighted by Gasteiger charge is -2.30. The van der Waals surface area contributed by atoms with Gasteiger partial charge in [-0.1, -0.05) is 0 Å². The normalized spacial score (nSPS) is 19.2. The number of rotatable bonds is 2. The maximum atomic E-state index is 12.2. The highest BCUT2D eigenvalue weighted by Crippen LogP contribution is 2.19. The number of carboxylic acids is 1. The SMILES string of the molecule is O=C(O)[C@@H]1CCCN(C(=O)c2c[nH]c(=O)c(Br)c2)C1. The van der Waals surface area contributed by atoms with Crippen LogP contribution in [0.2, 0.25) is 0 Å². The zero-order valence-electron chi connectivity index (χ0n) is 10.1. The van der Waals surface area contributed by atoms with Gasteiger partial charge in [0.15, 0.2) is 0 Å². The summed E-state index contributed by atoms with van der Waals surface area (Å²) in [6.07, 6.45) is 2.61. The summed E-state index contributed by atoms with van der Waals surface area (Å²) < 4.78 is 0.283. The summed E-state index contributed by atoms with van der Waals surface area (Å²) in [5.74, 6) is -1.65. The highest BCUT2D eigenvalue weighted by Gasteiger charge is 2.28. The van der Waals surface area contributed by atoms with Crippen molar-refractivity contribution in [1.82, 2.24) is 9.88 Å². The number of hydrogen-bond donors (Lipinski definition) is 2. The van der Waals surface area contributed by atoms with E-state index in [1.165, 1.54) is 17.2 Å². The number of piperidine rings is 1. The summed E-state index contributed by atoms with van der Waals surface area (Å²) in [4.78, 5) is 38.4. The minimum atomic E-state index is -0.875. The Morgan fingerprint density at radius 1 is 1.47 bits per heavy atom. The predicted octanol–water partition coefficient (Wildman–Crippen LogP) is 1.07. The van der Waals surface area contributed by atoms with Crippen LogP contribution in [-0.2, 0) is 4.79 Å². The minimum Gasteiger partial charge on any atom is -0.481 e. The number of H-pyrrole nitrogens is 1. The molecule has 1 saturated heterocycles. The van der Waals surface area contributed by atoms with E-state index < -0.39 is 11.9 Å². The molecule has 1 aliphatic rings. The van der Waals surface area contributed by atoms with Gasteiger partial charge in [0.1, 0.15) is 0 Å². The van der Waals surface area contributed by atoms with Crippen molar-refractivity contribution in [2.45, 2.75) is 12.8 Å². The van der Waals surface area contributed by atoms with E-state index >= 15 is 0 Å². The second-order valence-electron chi connectivity index (χ2n) is 4.49. The van der Waals surface area contributed by atoms with Crippen LogP contribution in [0.25, 0.3) is 0 Å². The monoisotopic (exact) mass is 328 g/mol. The van der Waals surface area contributed by atoms with E-state index in [1.807, 2.05) is 0 Å². The Kier molecular flexibility index (Phi) is 4.04.